The van der Waals surface area contributed by atoms with Gasteiger partial charge in [-0.1, -0.05) is 166 Å². The average Bonchev–Trinajstić information content (AvgIpc) is 3.92. The zero-order chi connectivity index (χ0) is 45.3. The maximum absolute atomic E-state index is 5.49. The molecule has 0 fully saturated rings. The summed E-state index contributed by atoms with van der Waals surface area (Å²) in [5, 5.41) is 5.14. The first-order valence-electron chi connectivity index (χ1n) is 24.3. The van der Waals surface area contributed by atoms with Gasteiger partial charge in [-0.25, -0.2) is 9.97 Å². The molecule has 2 aliphatic rings. The van der Waals surface area contributed by atoms with Gasteiger partial charge >= 0.3 is 0 Å². The van der Waals surface area contributed by atoms with E-state index in [9.17, 15) is 0 Å². The van der Waals surface area contributed by atoms with E-state index in [0.717, 1.165) is 70.8 Å². The molecule has 4 heteroatoms. The van der Waals surface area contributed by atoms with Crippen LogP contribution in [0.15, 0.2) is 212 Å². The van der Waals surface area contributed by atoms with Crippen molar-refractivity contribution in [2.24, 2.45) is 5.92 Å². The molecule has 8 aromatic carbocycles. The van der Waals surface area contributed by atoms with Crippen molar-refractivity contribution in [3.63, 3.8) is 0 Å². The van der Waals surface area contributed by atoms with Crippen LogP contribution in [0.4, 0.5) is 0 Å². The molecule has 0 N–H and O–H groups in total. The summed E-state index contributed by atoms with van der Waals surface area (Å²) in [6, 6.07) is 70.9. The molecule has 0 saturated heterocycles. The maximum atomic E-state index is 5.49. The van der Waals surface area contributed by atoms with Crippen molar-refractivity contribution >= 4 is 49.2 Å². The quantitative estimate of drug-likeness (QED) is 0.152. The lowest BCUT2D eigenvalue weighted by molar-refractivity contribution is 0.512. The highest BCUT2D eigenvalue weighted by atomic mass is 15.0. The van der Waals surface area contributed by atoms with Crippen molar-refractivity contribution in [3.8, 4) is 45.3 Å². The molecule has 1 unspecified atom stereocenters. The van der Waals surface area contributed by atoms with Gasteiger partial charge in [-0.2, -0.15) is 0 Å². The van der Waals surface area contributed by atoms with E-state index in [-0.39, 0.29) is 0 Å². The van der Waals surface area contributed by atoms with E-state index in [4.69, 9.17) is 9.97 Å². The van der Waals surface area contributed by atoms with Crippen LogP contribution in [0.5, 0.6) is 0 Å². The number of hydrogen-bond donors (Lipinski definition) is 0. The number of allylic oxidation sites excluding steroid dienone is 4. The summed E-state index contributed by atoms with van der Waals surface area (Å²) in [6.07, 6.45) is 8.78. The summed E-state index contributed by atoms with van der Waals surface area (Å²) in [6.45, 7) is 4.65. The third kappa shape index (κ3) is 6.50. The van der Waals surface area contributed by atoms with Gasteiger partial charge in [0.05, 0.1) is 33.5 Å². The van der Waals surface area contributed by atoms with Gasteiger partial charge in [-0.15, -0.1) is 0 Å². The average molecular weight is 875 g/mol. The first-order valence-corrected chi connectivity index (χ1v) is 24.3. The summed E-state index contributed by atoms with van der Waals surface area (Å²) < 4.78 is 4.84. The number of benzene rings is 8. The Morgan fingerprint density at radius 3 is 1.78 bits per heavy atom. The minimum Gasteiger partial charge on any atom is -0.309 e. The van der Waals surface area contributed by atoms with Gasteiger partial charge in [-0.05, 0) is 120 Å². The molecule has 68 heavy (non-hydrogen) atoms. The number of nitrogens with zero attached hydrogens (tertiary/aromatic N) is 4. The van der Waals surface area contributed by atoms with Gasteiger partial charge in [0.1, 0.15) is 0 Å². The predicted molar refractivity (Wildman–Crippen MR) is 284 cm³/mol. The molecule has 2 aliphatic carbocycles. The Morgan fingerprint density at radius 2 is 1.10 bits per heavy atom. The first-order chi connectivity index (χ1) is 33.6. The van der Waals surface area contributed by atoms with Crippen LogP contribution in [-0.4, -0.2) is 19.1 Å². The fourth-order valence-corrected chi connectivity index (χ4v) is 11.7. The highest BCUT2D eigenvalue weighted by Crippen LogP contribution is 2.48. The fraction of sp³-hybridized carbons (Fsp3) is 0.125. The molecule has 0 radical (unpaired) electrons. The van der Waals surface area contributed by atoms with Crippen LogP contribution in [0.25, 0.3) is 94.5 Å². The van der Waals surface area contributed by atoms with E-state index < -0.39 is 0 Å². The third-order valence-corrected chi connectivity index (χ3v) is 14.9. The lowest BCUT2D eigenvalue weighted by Gasteiger charge is -2.35. The van der Waals surface area contributed by atoms with Gasteiger partial charge in [-0.3, -0.25) is 0 Å². The van der Waals surface area contributed by atoms with Crippen molar-refractivity contribution < 1.29 is 0 Å². The molecule has 0 spiro atoms. The van der Waals surface area contributed by atoms with Crippen molar-refractivity contribution in [3.05, 3.63) is 234 Å². The van der Waals surface area contributed by atoms with Gasteiger partial charge in [0, 0.05) is 55.2 Å². The molecule has 13 rings (SSSR count). The van der Waals surface area contributed by atoms with Gasteiger partial charge in [0.15, 0.2) is 5.82 Å². The number of aromatic nitrogens is 4. The largest absolute Gasteiger partial charge is 0.309 e. The Bertz CT molecular complexity index is 3760. The fourth-order valence-electron chi connectivity index (χ4n) is 11.7. The zero-order valence-electron chi connectivity index (χ0n) is 38.4. The third-order valence-electron chi connectivity index (χ3n) is 14.9. The molecule has 326 valence electrons. The zero-order valence-corrected chi connectivity index (χ0v) is 38.4. The number of fused-ring (bicyclic) bond motifs is 8. The molecule has 2 atom stereocenters. The van der Waals surface area contributed by atoms with Gasteiger partial charge in [0.2, 0.25) is 0 Å². The smallest absolute Gasteiger partial charge is 0.160 e. The van der Waals surface area contributed by atoms with E-state index in [1.165, 1.54) is 77.1 Å². The van der Waals surface area contributed by atoms with Crippen LogP contribution in [0.1, 0.15) is 54.9 Å². The molecular formula is C64H50N4. The monoisotopic (exact) mass is 874 g/mol. The van der Waals surface area contributed by atoms with Crippen LogP contribution < -0.4 is 0 Å². The topological polar surface area (TPSA) is 35.6 Å². The van der Waals surface area contributed by atoms with Crippen LogP contribution >= 0.6 is 0 Å². The highest BCUT2D eigenvalue weighted by molar-refractivity contribution is 6.11. The molecule has 0 amide bonds. The first kappa shape index (κ1) is 40.2. The Balaban J connectivity index is 0.891. The van der Waals surface area contributed by atoms with E-state index in [0.29, 0.717) is 11.8 Å². The second-order valence-corrected chi connectivity index (χ2v) is 18.7. The van der Waals surface area contributed by atoms with Crippen LogP contribution in [0.3, 0.4) is 0 Å². The van der Waals surface area contributed by atoms with Crippen molar-refractivity contribution in [1.82, 2.24) is 19.1 Å². The molecule has 0 bridgehead atoms. The minimum atomic E-state index is 0.294. The normalized spacial score (nSPS) is 15.1. The van der Waals surface area contributed by atoms with E-state index >= 15 is 0 Å². The highest BCUT2D eigenvalue weighted by Gasteiger charge is 2.32. The number of para-hydroxylation sites is 4. The summed E-state index contributed by atoms with van der Waals surface area (Å²) in [7, 11) is 0. The van der Waals surface area contributed by atoms with E-state index in [2.05, 4.69) is 229 Å². The van der Waals surface area contributed by atoms with Gasteiger partial charge < -0.3 is 9.13 Å². The Hall–Kier alpha value is -8.08. The maximum Gasteiger partial charge on any atom is 0.160 e. The van der Waals surface area contributed by atoms with Gasteiger partial charge in [0.25, 0.3) is 0 Å². The van der Waals surface area contributed by atoms with Crippen molar-refractivity contribution in [1.29, 1.82) is 0 Å². The lowest BCUT2D eigenvalue weighted by Crippen LogP contribution is -2.22. The van der Waals surface area contributed by atoms with E-state index in [1.54, 1.807) is 0 Å². The Labute approximate surface area is 397 Å². The predicted octanol–water partition coefficient (Wildman–Crippen LogP) is 16.3. The lowest BCUT2D eigenvalue weighted by atomic mass is 9.69. The molecule has 3 aromatic heterocycles. The minimum absolute atomic E-state index is 0.294. The Morgan fingerprint density at radius 1 is 0.529 bits per heavy atom. The van der Waals surface area contributed by atoms with Crippen molar-refractivity contribution in [2.75, 3.05) is 0 Å². The van der Waals surface area contributed by atoms with Crippen LogP contribution in [0, 0.1) is 5.92 Å². The van der Waals surface area contributed by atoms with Crippen molar-refractivity contribution in [2.45, 2.75) is 45.4 Å². The summed E-state index contributed by atoms with van der Waals surface area (Å²) in [5.41, 5.74) is 20.8. The summed E-state index contributed by atoms with van der Waals surface area (Å²) in [4.78, 5) is 10.9. The van der Waals surface area contributed by atoms with E-state index in [1.807, 2.05) is 0 Å². The SMILES string of the molecule is CCc1c(-c2ccccc2)nc(-c2ccc([C@H](C)C3Cc4cc5c(cc4C4=C3C=CCC4)c3ccccc3n5-c3ccccc3)cc2)nc1-c1cccc(-n2c3ccccc3c3ccccc32)c1. The summed E-state index contributed by atoms with van der Waals surface area (Å²) >= 11 is 0. The standard InChI is InChI=1S/C64H50N4/c1-3-49-62(43-19-6-4-7-20-43)65-64(66-63(49)45-21-18-24-48(37-45)68-58-30-15-12-27-52(58)53-28-13-16-31-59(53)68)44-35-33-42(34-36-44)41(2)55-38-46-39-61-57(40-56(46)51-26-11-10-25-50(51)55)54-29-14-17-32-60(54)67(61)47-22-8-5-9-23-47/h4-10,12-25,27-37,39-41,55H,3,11,26,38H2,1-2H3/t41-,55?/m0/s1. The second kappa shape index (κ2) is 16.4. The second-order valence-electron chi connectivity index (χ2n) is 18.7. The van der Waals surface area contributed by atoms with Crippen LogP contribution in [0.2, 0.25) is 0 Å². The Kier molecular flexibility index (Phi) is 9.68. The number of rotatable bonds is 8. The summed E-state index contributed by atoms with van der Waals surface area (Å²) in [5.74, 6) is 1.38. The molecular weight excluding hydrogens is 825 g/mol. The number of hydrogen-bond acceptors (Lipinski definition) is 2. The van der Waals surface area contributed by atoms with Crippen LogP contribution in [-0.2, 0) is 12.8 Å². The molecule has 0 aliphatic heterocycles. The molecule has 11 aromatic rings. The molecule has 4 nitrogen and oxygen atoms in total. The molecule has 0 saturated carbocycles. The molecule has 3 heterocycles.